The van der Waals surface area contributed by atoms with E-state index in [1.807, 2.05) is 19.1 Å². The lowest BCUT2D eigenvalue weighted by Gasteiger charge is -2.01. The maximum atomic E-state index is 11.3. The smallest absolute Gasteiger partial charge is 0.238 e. The number of pyridine rings is 1. The minimum absolute atomic E-state index is 0.0946. The van der Waals surface area contributed by atoms with Gasteiger partial charge in [0.25, 0.3) is 0 Å². The highest BCUT2D eigenvalue weighted by Crippen LogP contribution is 2.34. The number of sulfonamides is 1. The van der Waals surface area contributed by atoms with Crippen molar-refractivity contribution in [3.8, 4) is 10.4 Å². The lowest BCUT2D eigenvalue weighted by Crippen LogP contribution is -2.11. The molecule has 6 nitrogen and oxygen atoms in total. The molecule has 118 valence electrons. The highest BCUT2D eigenvalue weighted by atomic mass is 32.2. The summed E-state index contributed by atoms with van der Waals surface area (Å²) in [4.78, 5) is 9.60. The van der Waals surface area contributed by atoms with Gasteiger partial charge in [0.2, 0.25) is 10.0 Å². The number of benzene rings is 1. The van der Waals surface area contributed by atoms with Gasteiger partial charge in [-0.15, -0.1) is 0 Å². The van der Waals surface area contributed by atoms with Crippen molar-refractivity contribution in [3.63, 3.8) is 0 Å². The minimum Gasteiger partial charge on any atom is -0.330 e. The number of primary sulfonamides is 1. The van der Waals surface area contributed by atoms with Crippen molar-refractivity contribution in [2.45, 2.75) is 11.8 Å². The van der Waals surface area contributed by atoms with Crippen molar-refractivity contribution in [1.82, 2.24) is 9.97 Å². The number of nitrogens with zero attached hydrogens (tertiary/aromatic N) is 2. The fourth-order valence-electron chi connectivity index (χ4n) is 2.07. The maximum absolute atomic E-state index is 11.3. The number of aromatic nitrogens is 2. The normalized spacial score (nSPS) is 11.4. The van der Waals surface area contributed by atoms with Crippen molar-refractivity contribution in [3.05, 3.63) is 54.5 Å². The highest BCUT2D eigenvalue weighted by Gasteiger charge is 2.12. The van der Waals surface area contributed by atoms with E-state index in [2.05, 4.69) is 15.3 Å². The van der Waals surface area contributed by atoms with Gasteiger partial charge in [0, 0.05) is 6.20 Å². The average molecular weight is 346 g/mol. The first-order valence-corrected chi connectivity index (χ1v) is 9.07. The van der Waals surface area contributed by atoms with Crippen LogP contribution in [0.4, 0.5) is 10.8 Å². The Labute approximate surface area is 138 Å². The summed E-state index contributed by atoms with van der Waals surface area (Å²) in [7, 11) is -3.68. The van der Waals surface area contributed by atoms with Gasteiger partial charge in [-0.3, -0.25) is 4.98 Å². The van der Waals surface area contributed by atoms with Crippen LogP contribution in [0.2, 0.25) is 0 Å². The summed E-state index contributed by atoms with van der Waals surface area (Å²) < 4.78 is 22.6. The molecule has 0 amide bonds. The molecule has 0 radical (unpaired) electrons. The monoisotopic (exact) mass is 346 g/mol. The Bertz CT molecular complexity index is 920. The zero-order valence-corrected chi connectivity index (χ0v) is 13.9. The molecule has 0 saturated carbocycles. The summed E-state index contributed by atoms with van der Waals surface area (Å²) in [6.07, 6.45) is 3.42. The van der Waals surface area contributed by atoms with E-state index in [1.54, 1.807) is 24.5 Å². The van der Waals surface area contributed by atoms with E-state index in [0.717, 1.165) is 27.0 Å². The van der Waals surface area contributed by atoms with E-state index in [9.17, 15) is 8.42 Å². The van der Waals surface area contributed by atoms with Crippen molar-refractivity contribution in [2.24, 2.45) is 5.14 Å². The van der Waals surface area contributed by atoms with E-state index in [0.29, 0.717) is 0 Å². The van der Waals surface area contributed by atoms with E-state index in [4.69, 9.17) is 5.14 Å². The van der Waals surface area contributed by atoms with Crippen LogP contribution in [0.25, 0.3) is 10.4 Å². The Morgan fingerprint density at radius 3 is 2.52 bits per heavy atom. The molecule has 0 spiro atoms. The number of anilines is 2. The van der Waals surface area contributed by atoms with Crippen LogP contribution >= 0.6 is 11.3 Å². The molecule has 3 aromatic rings. The second-order valence-corrected chi connectivity index (χ2v) is 7.43. The number of nitrogens with one attached hydrogen (secondary N) is 1. The molecular weight excluding hydrogens is 332 g/mol. The Hall–Kier alpha value is -2.29. The van der Waals surface area contributed by atoms with E-state index in [1.165, 1.54) is 23.5 Å². The second-order valence-electron chi connectivity index (χ2n) is 4.87. The number of hydrogen-bond donors (Lipinski definition) is 2. The van der Waals surface area contributed by atoms with Gasteiger partial charge in [0.15, 0.2) is 5.13 Å². The molecule has 0 bridgehead atoms. The second kappa shape index (κ2) is 6.07. The molecule has 8 heteroatoms. The molecule has 0 aliphatic rings. The molecule has 0 atom stereocenters. The Morgan fingerprint density at radius 2 is 1.91 bits per heavy atom. The molecule has 0 saturated heterocycles. The van der Waals surface area contributed by atoms with Gasteiger partial charge in [-0.2, -0.15) is 0 Å². The largest absolute Gasteiger partial charge is 0.330 e. The van der Waals surface area contributed by atoms with E-state index in [-0.39, 0.29) is 4.90 Å². The molecule has 0 aliphatic heterocycles. The molecule has 2 aromatic heterocycles. The summed E-state index contributed by atoms with van der Waals surface area (Å²) in [5, 5.41) is 9.06. The van der Waals surface area contributed by atoms with Crippen molar-refractivity contribution >= 4 is 32.2 Å². The van der Waals surface area contributed by atoms with Gasteiger partial charge in [-0.1, -0.05) is 23.5 Å². The van der Waals surface area contributed by atoms with Crippen molar-refractivity contribution in [2.75, 3.05) is 5.32 Å². The molecule has 1 aromatic carbocycles. The predicted octanol–water partition coefficient (Wildman–Crippen LogP) is 2.90. The fraction of sp³-hybridized carbons (Fsp3) is 0.0667. The Morgan fingerprint density at radius 1 is 1.17 bits per heavy atom. The van der Waals surface area contributed by atoms with Crippen molar-refractivity contribution in [1.29, 1.82) is 0 Å². The summed E-state index contributed by atoms with van der Waals surface area (Å²) in [6, 6.07) is 10.2. The molecule has 2 heterocycles. The number of hydrogen-bond acceptors (Lipinski definition) is 6. The molecule has 0 aliphatic carbocycles. The first-order chi connectivity index (χ1) is 10.9. The average Bonchev–Trinajstić information content (AvgIpc) is 2.88. The van der Waals surface area contributed by atoms with Gasteiger partial charge in [0.1, 0.15) is 0 Å². The minimum atomic E-state index is -3.68. The fourth-order valence-corrected chi connectivity index (χ4v) is 3.58. The third-order valence-electron chi connectivity index (χ3n) is 3.15. The molecular formula is C15H14N4O2S2. The lowest BCUT2D eigenvalue weighted by molar-refractivity contribution is 0.598. The van der Waals surface area contributed by atoms with E-state index < -0.39 is 10.0 Å². The van der Waals surface area contributed by atoms with Crippen molar-refractivity contribution < 1.29 is 8.42 Å². The number of aryl methyl sites for hydroxylation is 1. The Balaban J connectivity index is 1.89. The molecule has 3 N–H and O–H groups in total. The van der Waals surface area contributed by atoms with Crippen LogP contribution in [0, 0.1) is 6.92 Å². The first-order valence-electron chi connectivity index (χ1n) is 6.71. The van der Waals surface area contributed by atoms with Crippen LogP contribution in [-0.4, -0.2) is 18.4 Å². The van der Waals surface area contributed by atoms with Crippen LogP contribution in [0.1, 0.15) is 5.69 Å². The number of thiazole rings is 1. The molecule has 23 heavy (non-hydrogen) atoms. The molecule has 0 unspecified atom stereocenters. The molecule has 3 rings (SSSR count). The maximum Gasteiger partial charge on any atom is 0.238 e. The van der Waals surface area contributed by atoms with Gasteiger partial charge in [-0.25, -0.2) is 18.5 Å². The summed E-state index contributed by atoms with van der Waals surface area (Å²) in [6.45, 7) is 1.91. The SMILES string of the molecule is Cc1nc(Nc2cccnc2)sc1-c1ccc(S(N)(=O)=O)cc1. The van der Waals surface area contributed by atoms with Crippen LogP contribution in [0.3, 0.4) is 0 Å². The number of nitrogens with two attached hydrogens (primary N) is 1. The van der Waals surface area contributed by atoms with Crippen LogP contribution < -0.4 is 10.5 Å². The summed E-state index contributed by atoms with van der Waals surface area (Å²) in [5.41, 5.74) is 2.62. The molecule has 0 fully saturated rings. The quantitative estimate of drug-likeness (QED) is 0.757. The lowest BCUT2D eigenvalue weighted by atomic mass is 10.2. The summed E-state index contributed by atoms with van der Waals surface area (Å²) >= 11 is 1.49. The third kappa shape index (κ3) is 3.55. The summed E-state index contributed by atoms with van der Waals surface area (Å²) in [5.74, 6) is 0. The topological polar surface area (TPSA) is 98.0 Å². The standard InChI is InChI=1S/C15H14N4O2S2/c1-10-14(11-4-6-13(7-5-11)23(16,20)21)22-15(18-10)19-12-3-2-8-17-9-12/h2-9H,1H3,(H,18,19)(H2,16,20,21). The first kappa shape index (κ1) is 15.6. The van der Waals surface area contributed by atoms with Crippen LogP contribution in [0.15, 0.2) is 53.7 Å². The van der Waals surface area contributed by atoms with Gasteiger partial charge in [-0.05, 0) is 36.8 Å². The zero-order chi connectivity index (χ0) is 16.4. The van der Waals surface area contributed by atoms with E-state index >= 15 is 0 Å². The zero-order valence-electron chi connectivity index (χ0n) is 12.2. The Kier molecular flexibility index (Phi) is 4.12. The number of rotatable bonds is 4. The highest BCUT2D eigenvalue weighted by molar-refractivity contribution is 7.89. The van der Waals surface area contributed by atoms with Crippen LogP contribution in [-0.2, 0) is 10.0 Å². The van der Waals surface area contributed by atoms with Gasteiger partial charge < -0.3 is 5.32 Å². The third-order valence-corrected chi connectivity index (χ3v) is 5.21. The predicted molar refractivity (Wildman–Crippen MR) is 91.2 cm³/mol. The van der Waals surface area contributed by atoms with Crippen LogP contribution in [0.5, 0.6) is 0 Å². The van der Waals surface area contributed by atoms with Gasteiger partial charge in [0.05, 0.1) is 27.4 Å². The van der Waals surface area contributed by atoms with Gasteiger partial charge >= 0.3 is 0 Å².